The van der Waals surface area contributed by atoms with Gasteiger partial charge in [0.15, 0.2) is 0 Å². The Kier molecular flexibility index (Phi) is 2.66. The molecule has 0 fully saturated rings. The number of hydrazine groups is 1. The van der Waals surface area contributed by atoms with Crippen LogP contribution in [0.5, 0.6) is 0 Å². The van der Waals surface area contributed by atoms with Gasteiger partial charge in [-0.1, -0.05) is 5.92 Å². The van der Waals surface area contributed by atoms with Crippen LogP contribution in [-0.2, 0) is 0 Å². The first kappa shape index (κ1) is 8.28. The predicted octanol–water partition coefficient (Wildman–Crippen LogP) is 1.19. The summed E-state index contributed by atoms with van der Waals surface area (Å²) in [5.74, 6) is 7.83. The summed E-state index contributed by atoms with van der Waals surface area (Å²) in [4.78, 5) is 1.12. The van der Waals surface area contributed by atoms with Crippen molar-refractivity contribution in [1.82, 2.24) is 5.43 Å². The summed E-state index contributed by atoms with van der Waals surface area (Å²) < 4.78 is 0. The zero-order valence-corrected chi connectivity index (χ0v) is 7.11. The lowest BCUT2D eigenvalue weighted by Crippen LogP contribution is -2.26. The SMILES string of the molecule is C#CC(NN)c1sccc1C. The third kappa shape index (κ3) is 1.60. The summed E-state index contributed by atoms with van der Waals surface area (Å²) in [7, 11) is 0. The molecule has 3 heteroatoms. The van der Waals surface area contributed by atoms with E-state index in [-0.39, 0.29) is 6.04 Å². The molecule has 1 aromatic heterocycles. The molecule has 0 amide bonds. The van der Waals surface area contributed by atoms with E-state index >= 15 is 0 Å². The van der Waals surface area contributed by atoms with Crippen LogP contribution in [0.4, 0.5) is 0 Å². The summed E-state index contributed by atoms with van der Waals surface area (Å²) >= 11 is 1.62. The Balaban J connectivity index is 2.92. The van der Waals surface area contributed by atoms with E-state index in [0.717, 1.165) is 4.88 Å². The Hall–Kier alpha value is -0.820. The van der Waals surface area contributed by atoms with Gasteiger partial charge in [-0.25, -0.2) is 5.43 Å². The maximum Gasteiger partial charge on any atom is 0.116 e. The van der Waals surface area contributed by atoms with Crippen molar-refractivity contribution in [3.05, 3.63) is 21.9 Å². The molecule has 0 aliphatic rings. The van der Waals surface area contributed by atoms with Gasteiger partial charge in [-0.2, -0.15) is 0 Å². The summed E-state index contributed by atoms with van der Waals surface area (Å²) in [5.41, 5.74) is 3.76. The number of hydrogen-bond donors (Lipinski definition) is 2. The molecule has 0 spiro atoms. The molecule has 0 aliphatic carbocycles. The molecule has 1 atom stereocenters. The third-order valence-electron chi connectivity index (χ3n) is 1.50. The molecule has 3 N–H and O–H groups in total. The van der Waals surface area contributed by atoms with Crippen molar-refractivity contribution in [2.75, 3.05) is 0 Å². The molecule has 1 aromatic rings. The van der Waals surface area contributed by atoms with E-state index in [4.69, 9.17) is 12.3 Å². The lowest BCUT2D eigenvalue weighted by Gasteiger charge is -2.06. The van der Waals surface area contributed by atoms with Crippen LogP contribution in [0.1, 0.15) is 16.5 Å². The zero-order valence-electron chi connectivity index (χ0n) is 6.29. The van der Waals surface area contributed by atoms with E-state index in [2.05, 4.69) is 11.3 Å². The van der Waals surface area contributed by atoms with Gasteiger partial charge < -0.3 is 0 Å². The molecule has 0 aromatic carbocycles. The number of hydrogen-bond acceptors (Lipinski definition) is 3. The number of thiophene rings is 1. The van der Waals surface area contributed by atoms with E-state index in [1.165, 1.54) is 5.56 Å². The van der Waals surface area contributed by atoms with Crippen molar-refractivity contribution >= 4 is 11.3 Å². The second-order valence-electron chi connectivity index (χ2n) is 2.23. The summed E-state index contributed by atoms with van der Waals surface area (Å²) in [6, 6.07) is 1.89. The van der Waals surface area contributed by atoms with Crippen molar-refractivity contribution in [2.24, 2.45) is 5.84 Å². The van der Waals surface area contributed by atoms with Gasteiger partial charge in [0.1, 0.15) is 6.04 Å². The molecule has 1 unspecified atom stereocenters. The fourth-order valence-electron chi connectivity index (χ4n) is 0.880. The van der Waals surface area contributed by atoms with Gasteiger partial charge in [0.2, 0.25) is 0 Å². The van der Waals surface area contributed by atoms with E-state index in [1.807, 2.05) is 18.4 Å². The summed E-state index contributed by atoms with van der Waals surface area (Å²) in [6.45, 7) is 2.02. The molecule has 0 saturated carbocycles. The molecule has 0 radical (unpaired) electrons. The molecule has 0 aliphatic heterocycles. The molecular weight excluding hydrogens is 156 g/mol. The smallest absolute Gasteiger partial charge is 0.116 e. The minimum absolute atomic E-state index is 0.144. The van der Waals surface area contributed by atoms with E-state index in [0.29, 0.717) is 0 Å². The Bertz CT molecular complexity index is 272. The topological polar surface area (TPSA) is 38.0 Å². The second kappa shape index (κ2) is 3.54. The van der Waals surface area contributed by atoms with E-state index in [9.17, 15) is 0 Å². The molecule has 1 heterocycles. The molecule has 0 bridgehead atoms. The van der Waals surface area contributed by atoms with Crippen LogP contribution in [-0.4, -0.2) is 0 Å². The fourth-order valence-corrected chi connectivity index (χ4v) is 1.82. The van der Waals surface area contributed by atoms with Crippen LogP contribution in [0.15, 0.2) is 11.4 Å². The minimum Gasteiger partial charge on any atom is -0.270 e. The van der Waals surface area contributed by atoms with Gasteiger partial charge in [-0.05, 0) is 23.9 Å². The molecule has 2 nitrogen and oxygen atoms in total. The number of nitrogens with two attached hydrogens (primary N) is 1. The monoisotopic (exact) mass is 166 g/mol. The van der Waals surface area contributed by atoms with E-state index in [1.54, 1.807) is 11.3 Å². The third-order valence-corrected chi connectivity index (χ3v) is 2.58. The van der Waals surface area contributed by atoms with Crippen LogP contribution in [0.2, 0.25) is 0 Å². The van der Waals surface area contributed by atoms with Gasteiger partial charge in [0, 0.05) is 4.88 Å². The minimum atomic E-state index is -0.144. The lowest BCUT2D eigenvalue weighted by atomic mass is 10.2. The first-order valence-corrected chi connectivity index (χ1v) is 4.13. The molecule has 0 saturated heterocycles. The molecule has 1 rings (SSSR count). The lowest BCUT2D eigenvalue weighted by molar-refractivity contribution is 0.681. The molecule has 11 heavy (non-hydrogen) atoms. The second-order valence-corrected chi connectivity index (χ2v) is 3.18. The van der Waals surface area contributed by atoms with Gasteiger partial charge in [-0.3, -0.25) is 5.84 Å². The van der Waals surface area contributed by atoms with Crippen molar-refractivity contribution in [3.8, 4) is 12.3 Å². The first-order chi connectivity index (χ1) is 5.29. The van der Waals surface area contributed by atoms with Crippen LogP contribution in [0, 0.1) is 19.3 Å². The highest BCUT2D eigenvalue weighted by atomic mass is 32.1. The highest BCUT2D eigenvalue weighted by Gasteiger charge is 2.08. The Morgan fingerprint density at radius 2 is 2.55 bits per heavy atom. The van der Waals surface area contributed by atoms with Crippen molar-refractivity contribution in [2.45, 2.75) is 13.0 Å². The first-order valence-electron chi connectivity index (χ1n) is 3.26. The standard InChI is InChI=1S/C8H10N2S/c1-3-7(10-9)8-6(2)4-5-11-8/h1,4-5,7,10H,9H2,2H3. The van der Waals surface area contributed by atoms with Gasteiger partial charge in [-0.15, -0.1) is 17.8 Å². The van der Waals surface area contributed by atoms with Crippen LogP contribution in [0.25, 0.3) is 0 Å². The normalized spacial score (nSPS) is 12.5. The van der Waals surface area contributed by atoms with Crippen molar-refractivity contribution < 1.29 is 0 Å². The average molecular weight is 166 g/mol. The number of terminal acetylenes is 1. The maximum atomic E-state index is 5.26. The molecule has 58 valence electrons. The maximum absolute atomic E-state index is 5.26. The Morgan fingerprint density at radius 1 is 1.82 bits per heavy atom. The fraction of sp³-hybridized carbons (Fsp3) is 0.250. The van der Waals surface area contributed by atoms with Gasteiger partial charge >= 0.3 is 0 Å². The summed E-state index contributed by atoms with van der Waals surface area (Å²) in [6.07, 6.45) is 5.26. The number of aryl methyl sites for hydroxylation is 1. The highest BCUT2D eigenvalue weighted by Crippen LogP contribution is 2.22. The highest BCUT2D eigenvalue weighted by molar-refractivity contribution is 7.10. The zero-order chi connectivity index (χ0) is 8.27. The van der Waals surface area contributed by atoms with Crippen LogP contribution in [0.3, 0.4) is 0 Å². The summed E-state index contributed by atoms with van der Waals surface area (Å²) in [5, 5.41) is 2.01. The van der Waals surface area contributed by atoms with Gasteiger partial charge in [0.05, 0.1) is 0 Å². The largest absolute Gasteiger partial charge is 0.270 e. The van der Waals surface area contributed by atoms with Crippen LogP contribution < -0.4 is 11.3 Å². The Labute approximate surface area is 70.4 Å². The number of rotatable bonds is 2. The van der Waals surface area contributed by atoms with Crippen molar-refractivity contribution in [3.63, 3.8) is 0 Å². The quantitative estimate of drug-likeness (QED) is 0.393. The average Bonchev–Trinajstić information content (AvgIpc) is 2.40. The van der Waals surface area contributed by atoms with E-state index < -0.39 is 0 Å². The van der Waals surface area contributed by atoms with Gasteiger partial charge in [0.25, 0.3) is 0 Å². The van der Waals surface area contributed by atoms with Crippen LogP contribution >= 0.6 is 11.3 Å². The molecular formula is C8H10N2S. The van der Waals surface area contributed by atoms with Crippen molar-refractivity contribution in [1.29, 1.82) is 0 Å². The Morgan fingerprint density at radius 3 is 2.91 bits per heavy atom. The predicted molar refractivity (Wildman–Crippen MR) is 48.0 cm³/mol. The number of nitrogens with one attached hydrogen (secondary N) is 1.